The molecule has 170 valence electrons. The molecule has 1 aliphatic rings. The molecule has 0 bridgehead atoms. The van der Waals surface area contributed by atoms with Gasteiger partial charge in [-0.2, -0.15) is 0 Å². The normalized spacial score (nSPS) is 15.2. The van der Waals surface area contributed by atoms with E-state index in [1.54, 1.807) is 6.07 Å². The third-order valence-electron chi connectivity index (χ3n) is 6.17. The lowest BCUT2D eigenvalue weighted by atomic mass is 10.2. The molecule has 33 heavy (non-hydrogen) atoms. The molecule has 3 heterocycles. The largest absolute Gasteiger partial charge is 0.463 e. The zero-order valence-corrected chi connectivity index (χ0v) is 18.8. The lowest BCUT2D eigenvalue weighted by Crippen LogP contribution is -2.45. The van der Waals surface area contributed by atoms with Crippen molar-refractivity contribution in [3.8, 4) is 0 Å². The smallest absolute Gasteiger partial charge is 0.373 e. The number of fused-ring (bicyclic) bond motifs is 1. The van der Waals surface area contributed by atoms with E-state index in [-0.39, 0.29) is 5.76 Å². The van der Waals surface area contributed by atoms with Crippen LogP contribution in [-0.4, -0.2) is 58.6 Å². The quantitative estimate of drug-likeness (QED) is 0.404. The highest BCUT2D eigenvalue weighted by Crippen LogP contribution is 2.20. The van der Waals surface area contributed by atoms with Gasteiger partial charge in [0.1, 0.15) is 11.6 Å². The van der Waals surface area contributed by atoms with Crippen LogP contribution in [0.4, 0.5) is 0 Å². The van der Waals surface area contributed by atoms with Crippen LogP contribution in [-0.2, 0) is 24.4 Å². The van der Waals surface area contributed by atoms with Crippen LogP contribution in [0.1, 0.15) is 27.7 Å². The maximum Gasteiger partial charge on any atom is 0.373 e. The monoisotopic (exact) mass is 444 g/mol. The summed E-state index contributed by atoms with van der Waals surface area (Å²) >= 11 is 0. The summed E-state index contributed by atoms with van der Waals surface area (Å²) in [6.07, 6.45) is 0. The van der Waals surface area contributed by atoms with Crippen LogP contribution >= 0.6 is 0 Å². The minimum atomic E-state index is -0.440. The maximum atomic E-state index is 11.6. The third kappa shape index (κ3) is 4.84. The van der Waals surface area contributed by atoms with Crippen LogP contribution in [0.3, 0.4) is 0 Å². The molecule has 0 radical (unpaired) electrons. The predicted molar refractivity (Wildman–Crippen MR) is 126 cm³/mol. The number of piperazine rings is 1. The Hall–Kier alpha value is -3.42. The van der Waals surface area contributed by atoms with Gasteiger partial charge in [0, 0.05) is 32.7 Å². The summed E-state index contributed by atoms with van der Waals surface area (Å²) in [6, 6.07) is 22.4. The van der Waals surface area contributed by atoms with Gasteiger partial charge in [-0.05, 0) is 29.8 Å². The predicted octanol–water partition coefficient (Wildman–Crippen LogP) is 3.78. The number of rotatable bonds is 7. The summed E-state index contributed by atoms with van der Waals surface area (Å²) in [5, 5.41) is 0. The number of carbonyl (C=O) groups excluding carboxylic acids is 1. The van der Waals surface area contributed by atoms with E-state index in [1.165, 1.54) is 18.2 Å². The van der Waals surface area contributed by atoms with Crippen LogP contribution in [0, 0.1) is 0 Å². The van der Waals surface area contributed by atoms with Crippen molar-refractivity contribution in [1.29, 1.82) is 0 Å². The third-order valence-corrected chi connectivity index (χ3v) is 6.17. The Bertz CT molecular complexity index is 1220. The number of aromatic nitrogens is 2. The van der Waals surface area contributed by atoms with Crippen molar-refractivity contribution in [2.24, 2.45) is 0 Å². The Balaban J connectivity index is 1.24. The molecule has 0 spiro atoms. The first-order chi connectivity index (χ1) is 16.2. The Morgan fingerprint density at radius 3 is 2.33 bits per heavy atom. The fourth-order valence-electron chi connectivity index (χ4n) is 4.39. The summed E-state index contributed by atoms with van der Waals surface area (Å²) in [5.74, 6) is 1.70. The molecule has 0 aliphatic carbocycles. The fraction of sp³-hybridized carbons (Fsp3) is 0.308. The van der Waals surface area contributed by atoms with Crippen molar-refractivity contribution in [1.82, 2.24) is 19.4 Å². The average molecular weight is 445 g/mol. The molecule has 2 aromatic heterocycles. The molecule has 0 N–H and O–H groups in total. The SMILES string of the molecule is COC(=O)c1ccc(CN2CCN(Cc3nc4ccccc4n3Cc3ccccc3)CC2)o1. The number of ether oxygens (including phenoxy) is 1. The fourth-order valence-corrected chi connectivity index (χ4v) is 4.39. The highest BCUT2D eigenvalue weighted by atomic mass is 16.5. The summed E-state index contributed by atoms with van der Waals surface area (Å²) in [4.78, 5) is 21.4. The first kappa shape index (κ1) is 21.4. The Kier molecular flexibility index (Phi) is 6.24. The van der Waals surface area contributed by atoms with E-state index in [4.69, 9.17) is 14.1 Å². The lowest BCUT2D eigenvalue weighted by Gasteiger charge is -2.34. The van der Waals surface area contributed by atoms with Gasteiger partial charge in [0.25, 0.3) is 0 Å². The Labute approximate surface area is 193 Å². The molecule has 0 amide bonds. The van der Waals surface area contributed by atoms with Gasteiger partial charge in [0.15, 0.2) is 0 Å². The summed E-state index contributed by atoms with van der Waals surface area (Å²) < 4.78 is 12.7. The molecule has 0 saturated carbocycles. The van der Waals surface area contributed by atoms with Gasteiger partial charge in [-0.25, -0.2) is 9.78 Å². The van der Waals surface area contributed by atoms with Gasteiger partial charge >= 0.3 is 5.97 Å². The number of hydrogen-bond acceptors (Lipinski definition) is 6. The Morgan fingerprint density at radius 2 is 1.58 bits per heavy atom. The number of carbonyl (C=O) groups is 1. The van der Waals surface area contributed by atoms with Gasteiger partial charge in [-0.3, -0.25) is 9.80 Å². The molecule has 1 saturated heterocycles. The number of furan rings is 1. The van der Waals surface area contributed by atoms with E-state index in [9.17, 15) is 4.79 Å². The first-order valence-corrected chi connectivity index (χ1v) is 11.3. The molecule has 1 aliphatic heterocycles. The minimum Gasteiger partial charge on any atom is -0.463 e. The second kappa shape index (κ2) is 9.60. The van der Waals surface area contributed by atoms with E-state index in [2.05, 4.69) is 62.9 Å². The summed E-state index contributed by atoms with van der Waals surface area (Å²) in [7, 11) is 1.36. The van der Waals surface area contributed by atoms with Gasteiger partial charge < -0.3 is 13.7 Å². The van der Waals surface area contributed by atoms with Gasteiger partial charge in [-0.15, -0.1) is 0 Å². The van der Waals surface area contributed by atoms with E-state index < -0.39 is 5.97 Å². The second-order valence-corrected chi connectivity index (χ2v) is 8.40. The van der Waals surface area contributed by atoms with Crippen LogP contribution in [0.15, 0.2) is 71.1 Å². The first-order valence-electron chi connectivity index (χ1n) is 11.3. The van der Waals surface area contributed by atoms with Crippen molar-refractivity contribution in [2.45, 2.75) is 19.6 Å². The number of imidazole rings is 1. The zero-order valence-electron chi connectivity index (χ0n) is 18.8. The average Bonchev–Trinajstić information content (AvgIpc) is 3.45. The minimum absolute atomic E-state index is 0.253. The topological polar surface area (TPSA) is 63.7 Å². The van der Waals surface area contributed by atoms with E-state index in [1.807, 2.05) is 12.1 Å². The summed E-state index contributed by atoms with van der Waals surface area (Å²) in [5.41, 5.74) is 3.49. The molecular formula is C26H28N4O3. The molecule has 4 aromatic rings. The molecule has 1 fully saturated rings. The molecule has 5 rings (SSSR count). The van der Waals surface area contributed by atoms with Crippen molar-refractivity contribution in [3.63, 3.8) is 0 Å². The van der Waals surface area contributed by atoms with Crippen LogP contribution in [0.5, 0.6) is 0 Å². The molecule has 7 nitrogen and oxygen atoms in total. The van der Waals surface area contributed by atoms with Gasteiger partial charge in [0.2, 0.25) is 5.76 Å². The molecule has 7 heteroatoms. The van der Waals surface area contributed by atoms with Crippen molar-refractivity contribution >= 4 is 17.0 Å². The second-order valence-electron chi connectivity index (χ2n) is 8.40. The molecule has 0 unspecified atom stereocenters. The summed E-state index contributed by atoms with van der Waals surface area (Å²) in [6.45, 7) is 6.12. The zero-order chi connectivity index (χ0) is 22.6. The number of esters is 1. The van der Waals surface area contributed by atoms with Crippen LogP contribution in [0.25, 0.3) is 11.0 Å². The number of hydrogen-bond donors (Lipinski definition) is 0. The van der Waals surface area contributed by atoms with E-state index in [0.29, 0.717) is 6.54 Å². The molecule has 0 atom stereocenters. The number of nitrogens with zero attached hydrogens (tertiary/aromatic N) is 4. The van der Waals surface area contributed by atoms with Gasteiger partial charge in [-0.1, -0.05) is 42.5 Å². The van der Waals surface area contributed by atoms with E-state index in [0.717, 1.165) is 56.4 Å². The number of para-hydroxylation sites is 2. The van der Waals surface area contributed by atoms with Crippen LogP contribution < -0.4 is 0 Å². The number of benzene rings is 2. The van der Waals surface area contributed by atoms with Gasteiger partial charge in [0.05, 0.1) is 31.2 Å². The molecule has 2 aromatic carbocycles. The van der Waals surface area contributed by atoms with Crippen molar-refractivity contribution in [2.75, 3.05) is 33.3 Å². The van der Waals surface area contributed by atoms with Crippen molar-refractivity contribution < 1.29 is 13.9 Å². The molecular weight excluding hydrogens is 416 g/mol. The van der Waals surface area contributed by atoms with Crippen molar-refractivity contribution in [3.05, 3.63) is 89.6 Å². The lowest BCUT2D eigenvalue weighted by molar-refractivity contribution is 0.0558. The Morgan fingerprint density at radius 1 is 0.879 bits per heavy atom. The number of methoxy groups -OCH3 is 1. The maximum absolute atomic E-state index is 11.6. The van der Waals surface area contributed by atoms with Crippen LogP contribution in [0.2, 0.25) is 0 Å². The highest BCUT2D eigenvalue weighted by Gasteiger charge is 2.21. The highest BCUT2D eigenvalue weighted by molar-refractivity contribution is 5.86. The standard InChI is InChI=1S/C26H28N4O3/c1-32-26(31)24-12-11-21(33-24)18-28-13-15-29(16-14-28)19-25-27-22-9-5-6-10-23(22)30(25)17-20-7-3-2-4-8-20/h2-12H,13-19H2,1H3. The van der Waals surface area contributed by atoms with E-state index >= 15 is 0 Å².